The highest BCUT2D eigenvalue weighted by Gasteiger charge is 2.04. The van der Waals surface area contributed by atoms with Gasteiger partial charge in [-0.05, 0) is 29.1 Å². The summed E-state index contributed by atoms with van der Waals surface area (Å²) < 4.78 is 10.5. The number of halogens is 1. The monoisotopic (exact) mass is 433 g/mol. The number of methoxy groups -OCH3 is 2. The van der Waals surface area contributed by atoms with Crippen molar-refractivity contribution in [3.05, 3.63) is 46.2 Å². The largest absolute Gasteiger partial charge is 0.493 e. The van der Waals surface area contributed by atoms with Crippen molar-refractivity contribution in [2.45, 2.75) is 13.1 Å². The smallest absolute Gasteiger partial charge is 0.189 e. The summed E-state index contributed by atoms with van der Waals surface area (Å²) in [5.74, 6) is 1.82. The predicted molar refractivity (Wildman–Crippen MR) is 101 cm³/mol. The summed E-state index contributed by atoms with van der Waals surface area (Å²) in [7, 11) is 3.23. The second-order valence-electron chi connectivity index (χ2n) is 4.32. The molecule has 2 rings (SSSR count). The van der Waals surface area contributed by atoms with Crippen molar-refractivity contribution < 1.29 is 9.47 Å². The van der Waals surface area contributed by atoms with Crippen LogP contribution >= 0.6 is 35.3 Å². The van der Waals surface area contributed by atoms with E-state index in [1.165, 1.54) is 4.88 Å². The third-order valence-electron chi connectivity index (χ3n) is 2.90. The van der Waals surface area contributed by atoms with Gasteiger partial charge in [0.2, 0.25) is 0 Å². The second kappa shape index (κ2) is 9.52. The highest BCUT2D eigenvalue weighted by molar-refractivity contribution is 14.0. The van der Waals surface area contributed by atoms with Gasteiger partial charge in [0.25, 0.3) is 0 Å². The van der Waals surface area contributed by atoms with Crippen LogP contribution < -0.4 is 20.5 Å². The SMILES string of the molecule is COc1ccc(CN=C(N)NCc2cccs2)cc1OC.I. The van der Waals surface area contributed by atoms with Crippen LogP contribution in [0.15, 0.2) is 40.7 Å². The number of ether oxygens (including phenoxy) is 2. The Morgan fingerprint density at radius 1 is 1.23 bits per heavy atom. The van der Waals surface area contributed by atoms with Crippen LogP contribution in [-0.4, -0.2) is 20.2 Å². The van der Waals surface area contributed by atoms with Crippen molar-refractivity contribution in [1.29, 1.82) is 0 Å². The van der Waals surface area contributed by atoms with Gasteiger partial charge in [0.15, 0.2) is 17.5 Å². The van der Waals surface area contributed by atoms with Gasteiger partial charge in [-0.2, -0.15) is 0 Å². The average molecular weight is 433 g/mol. The summed E-state index contributed by atoms with van der Waals surface area (Å²) in [4.78, 5) is 5.54. The van der Waals surface area contributed by atoms with Crippen molar-refractivity contribution >= 4 is 41.3 Å². The minimum Gasteiger partial charge on any atom is -0.493 e. The Labute approximate surface area is 151 Å². The van der Waals surface area contributed by atoms with Crippen LogP contribution in [0, 0.1) is 0 Å². The number of nitrogens with zero attached hydrogens (tertiary/aromatic N) is 1. The highest BCUT2D eigenvalue weighted by atomic mass is 127. The van der Waals surface area contributed by atoms with E-state index in [0.29, 0.717) is 30.5 Å². The molecular weight excluding hydrogens is 413 g/mol. The summed E-state index contributed by atoms with van der Waals surface area (Å²) in [6, 6.07) is 9.77. The molecule has 0 aliphatic heterocycles. The van der Waals surface area contributed by atoms with Gasteiger partial charge >= 0.3 is 0 Å². The van der Waals surface area contributed by atoms with E-state index in [-0.39, 0.29) is 24.0 Å². The van der Waals surface area contributed by atoms with Crippen molar-refractivity contribution in [1.82, 2.24) is 5.32 Å². The number of hydrogen-bond donors (Lipinski definition) is 2. The van der Waals surface area contributed by atoms with Gasteiger partial charge < -0.3 is 20.5 Å². The Kier molecular flexibility index (Phi) is 8.03. The number of guanidine groups is 1. The summed E-state index contributed by atoms with van der Waals surface area (Å²) in [6.07, 6.45) is 0. The van der Waals surface area contributed by atoms with Crippen molar-refractivity contribution in [3.63, 3.8) is 0 Å². The number of hydrogen-bond acceptors (Lipinski definition) is 4. The number of aliphatic imine (C=N–C) groups is 1. The molecule has 7 heteroatoms. The van der Waals surface area contributed by atoms with E-state index in [9.17, 15) is 0 Å². The zero-order valence-corrected chi connectivity index (χ0v) is 15.7. The molecule has 0 fully saturated rings. The number of rotatable bonds is 6. The molecule has 1 aromatic heterocycles. The van der Waals surface area contributed by atoms with Gasteiger partial charge in [0.05, 0.1) is 27.3 Å². The third-order valence-corrected chi connectivity index (χ3v) is 3.78. The van der Waals surface area contributed by atoms with Gasteiger partial charge in [0, 0.05) is 4.88 Å². The first-order valence-electron chi connectivity index (χ1n) is 6.50. The Bertz CT molecular complexity index is 603. The zero-order valence-electron chi connectivity index (χ0n) is 12.5. The lowest BCUT2D eigenvalue weighted by Gasteiger charge is -2.09. The summed E-state index contributed by atoms with van der Waals surface area (Å²) in [6.45, 7) is 1.18. The van der Waals surface area contributed by atoms with Crippen LogP contribution in [0.5, 0.6) is 11.5 Å². The molecule has 1 heterocycles. The molecule has 0 unspecified atom stereocenters. The fourth-order valence-corrected chi connectivity index (χ4v) is 2.45. The number of benzene rings is 1. The second-order valence-corrected chi connectivity index (χ2v) is 5.36. The average Bonchev–Trinajstić information content (AvgIpc) is 3.04. The maximum Gasteiger partial charge on any atom is 0.189 e. The number of thiophene rings is 1. The molecule has 3 N–H and O–H groups in total. The molecule has 0 radical (unpaired) electrons. The van der Waals surface area contributed by atoms with Crippen LogP contribution in [-0.2, 0) is 13.1 Å². The van der Waals surface area contributed by atoms with Crippen LogP contribution in [0.1, 0.15) is 10.4 Å². The minimum absolute atomic E-state index is 0. The van der Waals surface area contributed by atoms with Gasteiger partial charge in [-0.1, -0.05) is 12.1 Å². The summed E-state index contributed by atoms with van der Waals surface area (Å²) in [5, 5.41) is 5.12. The van der Waals surface area contributed by atoms with Crippen LogP contribution in [0.4, 0.5) is 0 Å². The number of nitrogens with one attached hydrogen (secondary N) is 1. The van der Waals surface area contributed by atoms with E-state index in [0.717, 1.165) is 5.56 Å². The lowest BCUT2D eigenvalue weighted by molar-refractivity contribution is 0.354. The van der Waals surface area contributed by atoms with Gasteiger partial charge in [-0.15, -0.1) is 35.3 Å². The van der Waals surface area contributed by atoms with E-state index >= 15 is 0 Å². The van der Waals surface area contributed by atoms with E-state index in [4.69, 9.17) is 15.2 Å². The van der Waals surface area contributed by atoms with Crippen molar-refractivity contribution in [3.8, 4) is 11.5 Å². The molecular formula is C15H20IN3O2S. The topological polar surface area (TPSA) is 68.9 Å². The fourth-order valence-electron chi connectivity index (χ4n) is 1.80. The minimum atomic E-state index is 0. The van der Waals surface area contributed by atoms with Crippen LogP contribution in [0.3, 0.4) is 0 Å². The van der Waals surface area contributed by atoms with E-state index in [2.05, 4.69) is 16.4 Å². The first-order valence-corrected chi connectivity index (χ1v) is 7.38. The van der Waals surface area contributed by atoms with Gasteiger partial charge in [-0.3, -0.25) is 0 Å². The molecule has 0 saturated heterocycles. The Hall–Kier alpha value is -1.48. The Morgan fingerprint density at radius 3 is 2.64 bits per heavy atom. The lowest BCUT2D eigenvalue weighted by Crippen LogP contribution is -2.30. The number of nitrogens with two attached hydrogens (primary N) is 1. The van der Waals surface area contributed by atoms with Gasteiger partial charge in [0.1, 0.15) is 0 Å². The van der Waals surface area contributed by atoms with Crippen molar-refractivity contribution in [2.75, 3.05) is 14.2 Å². The molecule has 22 heavy (non-hydrogen) atoms. The Balaban J connectivity index is 0.00000242. The van der Waals surface area contributed by atoms with Gasteiger partial charge in [-0.25, -0.2) is 4.99 Å². The molecule has 1 aromatic carbocycles. The lowest BCUT2D eigenvalue weighted by atomic mass is 10.2. The maximum atomic E-state index is 5.85. The highest BCUT2D eigenvalue weighted by Crippen LogP contribution is 2.27. The van der Waals surface area contributed by atoms with E-state index in [1.807, 2.05) is 29.6 Å². The quantitative estimate of drug-likeness (QED) is 0.418. The molecule has 0 spiro atoms. The third kappa shape index (κ3) is 5.38. The molecule has 5 nitrogen and oxygen atoms in total. The maximum absolute atomic E-state index is 5.85. The predicted octanol–water partition coefficient (Wildman–Crippen LogP) is 2.99. The first kappa shape index (κ1) is 18.6. The zero-order chi connectivity index (χ0) is 15.1. The molecule has 0 aliphatic carbocycles. The fraction of sp³-hybridized carbons (Fsp3) is 0.267. The molecule has 0 saturated carbocycles. The molecule has 0 bridgehead atoms. The normalized spacial score (nSPS) is 10.7. The molecule has 120 valence electrons. The molecule has 0 aliphatic rings. The Morgan fingerprint density at radius 2 is 2.00 bits per heavy atom. The molecule has 2 aromatic rings. The summed E-state index contributed by atoms with van der Waals surface area (Å²) >= 11 is 1.68. The van der Waals surface area contributed by atoms with Crippen LogP contribution in [0.25, 0.3) is 0 Å². The first-order chi connectivity index (χ1) is 10.2. The summed E-state index contributed by atoms with van der Waals surface area (Å²) in [5.41, 5.74) is 6.86. The standard InChI is InChI=1S/C15H19N3O2S.HI/c1-19-13-6-5-11(8-14(13)20-2)9-17-15(16)18-10-12-4-3-7-21-12;/h3-8H,9-10H2,1-2H3,(H3,16,17,18);1H. The molecule has 0 atom stereocenters. The van der Waals surface area contributed by atoms with E-state index < -0.39 is 0 Å². The van der Waals surface area contributed by atoms with E-state index in [1.54, 1.807) is 25.6 Å². The van der Waals surface area contributed by atoms with Crippen molar-refractivity contribution in [2.24, 2.45) is 10.7 Å². The van der Waals surface area contributed by atoms with Crippen LogP contribution in [0.2, 0.25) is 0 Å². The molecule has 0 amide bonds.